The van der Waals surface area contributed by atoms with Crippen molar-refractivity contribution >= 4 is 17.2 Å². The lowest BCUT2D eigenvalue weighted by Crippen LogP contribution is -2.28. The van der Waals surface area contributed by atoms with Gasteiger partial charge in [0.2, 0.25) is 0 Å². The van der Waals surface area contributed by atoms with Crippen LogP contribution in [0, 0.1) is 5.82 Å². The van der Waals surface area contributed by atoms with E-state index in [1.165, 1.54) is 6.07 Å². The van der Waals surface area contributed by atoms with Crippen molar-refractivity contribution in [3.8, 4) is 0 Å². The third kappa shape index (κ3) is 3.98. The van der Waals surface area contributed by atoms with Crippen molar-refractivity contribution in [3.63, 3.8) is 0 Å². The third-order valence-corrected chi connectivity index (χ3v) is 4.08. The molecule has 2 rings (SSSR count). The van der Waals surface area contributed by atoms with Gasteiger partial charge in [0, 0.05) is 18.7 Å². The van der Waals surface area contributed by atoms with E-state index in [2.05, 4.69) is 4.90 Å². The van der Waals surface area contributed by atoms with Crippen LogP contribution >= 0.6 is 12.2 Å². The number of hydrogen-bond donors (Lipinski definition) is 2. The van der Waals surface area contributed by atoms with Gasteiger partial charge in [-0.1, -0.05) is 18.3 Å². The van der Waals surface area contributed by atoms with E-state index in [-0.39, 0.29) is 10.8 Å². The molecule has 0 amide bonds. The topological polar surface area (TPSA) is 49.5 Å². The minimum atomic E-state index is -0.568. The maximum absolute atomic E-state index is 13.6. The number of benzene rings is 1. The summed E-state index contributed by atoms with van der Waals surface area (Å²) < 4.78 is 13.6. The highest BCUT2D eigenvalue weighted by atomic mass is 32.1. The van der Waals surface area contributed by atoms with E-state index in [4.69, 9.17) is 18.0 Å². The zero-order chi connectivity index (χ0) is 14.8. The second kappa shape index (κ2) is 6.16. The summed E-state index contributed by atoms with van der Waals surface area (Å²) in [6.07, 6.45) is 2.55. The number of hydrogen-bond acceptors (Lipinski definition) is 3. The summed E-state index contributed by atoms with van der Waals surface area (Å²) in [4.78, 5) is 2.36. The Bertz CT molecular complexity index is 505. The average Bonchev–Trinajstić information content (AvgIpc) is 2.53. The minimum Gasteiger partial charge on any atom is -0.390 e. The SMILES string of the molecule is CC1(O)CCCN(Cc2ccc(F)c(C(N)=S)c2)CC1. The number of rotatable bonds is 3. The molecule has 1 fully saturated rings. The van der Waals surface area contributed by atoms with Crippen LogP contribution in [-0.2, 0) is 6.54 Å². The summed E-state index contributed by atoms with van der Waals surface area (Å²) in [5, 5.41) is 10.1. The van der Waals surface area contributed by atoms with Crippen LogP contribution in [0.5, 0.6) is 0 Å². The number of halogens is 1. The first-order chi connectivity index (χ1) is 9.37. The van der Waals surface area contributed by atoms with Crippen molar-refractivity contribution in [1.82, 2.24) is 4.90 Å². The van der Waals surface area contributed by atoms with Crippen LogP contribution < -0.4 is 5.73 Å². The van der Waals surface area contributed by atoms with Gasteiger partial charge in [-0.25, -0.2) is 4.39 Å². The smallest absolute Gasteiger partial charge is 0.133 e. The average molecular weight is 296 g/mol. The first-order valence-electron chi connectivity index (χ1n) is 6.90. The lowest BCUT2D eigenvalue weighted by molar-refractivity contribution is 0.0444. The molecule has 0 spiro atoms. The summed E-state index contributed by atoms with van der Waals surface area (Å²) in [7, 11) is 0. The van der Waals surface area contributed by atoms with Gasteiger partial charge in [0.1, 0.15) is 10.8 Å². The summed E-state index contributed by atoms with van der Waals surface area (Å²) in [6.45, 7) is 4.40. The Hall–Kier alpha value is -1.04. The molecule has 3 N–H and O–H groups in total. The molecule has 0 aromatic heterocycles. The fourth-order valence-corrected chi connectivity index (χ4v) is 2.75. The third-order valence-electron chi connectivity index (χ3n) is 3.86. The molecule has 3 nitrogen and oxygen atoms in total. The van der Waals surface area contributed by atoms with Crippen molar-refractivity contribution in [3.05, 3.63) is 35.1 Å². The molecule has 1 heterocycles. The first-order valence-corrected chi connectivity index (χ1v) is 7.31. The second-order valence-corrected chi connectivity index (χ2v) is 6.24. The fraction of sp³-hybridized carbons (Fsp3) is 0.533. The molecular formula is C15H21FN2OS. The second-order valence-electron chi connectivity index (χ2n) is 5.81. The number of likely N-dealkylation sites (tertiary alicyclic amines) is 1. The zero-order valence-electron chi connectivity index (χ0n) is 11.7. The Morgan fingerprint density at radius 1 is 1.45 bits per heavy atom. The molecule has 1 aromatic rings. The number of aliphatic hydroxyl groups is 1. The van der Waals surface area contributed by atoms with Crippen LogP contribution in [0.3, 0.4) is 0 Å². The molecule has 1 aliphatic rings. The van der Waals surface area contributed by atoms with Crippen LogP contribution in [0.4, 0.5) is 4.39 Å². The Kier molecular flexibility index (Phi) is 4.73. The Labute approximate surface area is 124 Å². The summed E-state index contributed by atoms with van der Waals surface area (Å²) >= 11 is 4.86. The molecule has 1 unspecified atom stereocenters. The maximum Gasteiger partial charge on any atom is 0.133 e. The van der Waals surface area contributed by atoms with Crippen molar-refractivity contribution < 1.29 is 9.50 Å². The molecule has 5 heteroatoms. The quantitative estimate of drug-likeness (QED) is 0.840. The van der Waals surface area contributed by atoms with E-state index < -0.39 is 5.60 Å². The standard InChI is InChI=1S/C15H21FN2OS/c1-15(19)5-2-7-18(8-6-15)10-11-3-4-13(16)12(9-11)14(17)20/h3-4,9,19H,2,5-8,10H2,1H3,(H2,17,20). The molecule has 1 aliphatic heterocycles. The van der Waals surface area contributed by atoms with Gasteiger partial charge in [0.05, 0.1) is 5.60 Å². The van der Waals surface area contributed by atoms with E-state index in [1.807, 2.05) is 6.92 Å². The lowest BCUT2D eigenvalue weighted by Gasteiger charge is -2.22. The Morgan fingerprint density at radius 2 is 2.20 bits per heavy atom. The molecule has 110 valence electrons. The van der Waals surface area contributed by atoms with Gasteiger partial charge < -0.3 is 10.8 Å². The van der Waals surface area contributed by atoms with Gasteiger partial charge in [-0.05, 0) is 50.4 Å². The summed E-state index contributed by atoms with van der Waals surface area (Å²) in [5.74, 6) is -0.375. The normalized spacial score (nSPS) is 24.4. The van der Waals surface area contributed by atoms with Crippen molar-refractivity contribution in [2.24, 2.45) is 5.73 Å². The van der Waals surface area contributed by atoms with Crippen molar-refractivity contribution in [2.45, 2.75) is 38.3 Å². The van der Waals surface area contributed by atoms with E-state index in [0.29, 0.717) is 5.56 Å². The van der Waals surface area contributed by atoms with Crippen molar-refractivity contribution in [1.29, 1.82) is 0 Å². The fourth-order valence-electron chi connectivity index (χ4n) is 2.60. The van der Waals surface area contributed by atoms with Gasteiger partial charge in [-0.3, -0.25) is 4.90 Å². The first kappa shape index (κ1) is 15.4. The number of nitrogens with two attached hydrogens (primary N) is 1. The van der Waals surface area contributed by atoms with Gasteiger partial charge in [0.25, 0.3) is 0 Å². The number of nitrogens with zero attached hydrogens (tertiary/aromatic N) is 1. The molecular weight excluding hydrogens is 275 g/mol. The molecule has 1 atom stereocenters. The zero-order valence-corrected chi connectivity index (χ0v) is 12.5. The number of thiocarbonyl (C=S) groups is 1. The lowest BCUT2D eigenvalue weighted by atomic mass is 9.98. The van der Waals surface area contributed by atoms with Gasteiger partial charge in [0.15, 0.2) is 0 Å². The minimum absolute atomic E-state index is 0.0862. The monoisotopic (exact) mass is 296 g/mol. The van der Waals surface area contributed by atoms with Crippen LogP contribution in [0.15, 0.2) is 18.2 Å². The largest absolute Gasteiger partial charge is 0.390 e. The molecule has 0 bridgehead atoms. The highest BCUT2D eigenvalue weighted by Crippen LogP contribution is 2.22. The maximum atomic E-state index is 13.6. The van der Waals surface area contributed by atoms with Crippen LogP contribution in [0.1, 0.15) is 37.3 Å². The van der Waals surface area contributed by atoms with Gasteiger partial charge >= 0.3 is 0 Å². The van der Waals surface area contributed by atoms with E-state index >= 15 is 0 Å². The molecule has 20 heavy (non-hydrogen) atoms. The highest BCUT2D eigenvalue weighted by molar-refractivity contribution is 7.80. The molecule has 0 saturated carbocycles. The Morgan fingerprint density at radius 3 is 2.90 bits per heavy atom. The van der Waals surface area contributed by atoms with Gasteiger partial charge in [-0.2, -0.15) is 0 Å². The van der Waals surface area contributed by atoms with E-state index in [1.54, 1.807) is 12.1 Å². The van der Waals surface area contributed by atoms with Crippen LogP contribution in [0.2, 0.25) is 0 Å². The molecule has 1 aromatic carbocycles. The van der Waals surface area contributed by atoms with E-state index in [0.717, 1.165) is 44.5 Å². The molecule has 1 saturated heterocycles. The van der Waals surface area contributed by atoms with Crippen molar-refractivity contribution in [2.75, 3.05) is 13.1 Å². The van der Waals surface area contributed by atoms with Crippen LogP contribution in [0.25, 0.3) is 0 Å². The van der Waals surface area contributed by atoms with E-state index in [9.17, 15) is 9.50 Å². The molecule has 0 aliphatic carbocycles. The highest BCUT2D eigenvalue weighted by Gasteiger charge is 2.24. The molecule has 0 radical (unpaired) electrons. The Balaban J connectivity index is 2.06. The van der Waals surface area contributed by atoms with Gasteiger partial charge in [-0.15, -0.1) is 0 Å². The summed E-state index contributed by atoms with van der Waals surface area (Å²) in [5.41, 5.74) is 6.26. The predicted molar refractivity (Wildman–Crippen MR) is 82.0 cm³/mol. The predicted octanol–water partition coefficient (Wildman–Crippen LogP) is 2.20. The van der Waals surface area contributed by atoms with Crippen LogP contribution in [-0.4, -0.2) is 33.7 Å². The summed E-state index contributed by atoms with van der Waals surface area (Å²) in [6, 6.07) is 4.90.